The lowest BCUT2D eigenvalue weighted by Gasteiger charge is -1.97. The first kappa shape index (κ1) is 37.8. The summed E-state index contributed by atoms with van der Waals surface area (Å²) in [6.45, 7) is 19.3. The van der Waals surface area contributed by atoms with Crippen molar-refractivity contribution in [1.82, 2.24) is 0 Å². The van der Waals surface area contributed by atoms with Gasteiger partial charge in [0.1, 0.15) is 17.2 Å². The first-order chi connectivity index (χ1) is 17.4. The fourth-order valence-corrected chi connectivity index (χ4v) is 2.52. The molecule has 0 aliphatic carbocycles. The Morgan fingerprint density at radius 3 is 0.838 bits per heavy atom. The van der Waals surface area contributed by atoms with Crippen molar-refractivity contribution in [2.24, 2.45) is 0 Å². The molecule has 204 valence electrons. The number of allylic oxidation sites excluding steroid dienone is 3. The van der Waals surface area contributed by atoms with Crippen LogP contribution in [-0.4, -0.2) is 15.3 Å². The monoisotopic (exact) mass is 506 g/mol. The summed E-state index contributed by atoms with van der Waals surface area (Å²) < 4.78 is 0. The number of para-hydroxylation sites is 3. The maximum atomic E-state index is 9.19. The zero-order chi connectivity index (χ0) is 27.6. The van der Waals surface area contributed by atoms with E-state index in [1.54, 1.807) is 36.4 Å². The van der Waals surface area contributed by atoms with E-state index in [4.69, 9.17) is 0 Å². The first-order valence-corrected chi connectivity index (χ1v) is 12.5. The second-order valence-corrected chi connectivity index (χ2v) is 7.78. The van der Waals surface area contributed by atoms with Crippen LogP contribution in [0.4, 0.5) is 0 Å². The number of benzene rings is 3. The number of hydrogen-bond donors (Lipinski definition) is 3. The largest absolute Gasteiger partial charge is 0.508 e. The van der Waals surface area contributed by atoms with Gasteiger partial charge in [0.05, 0.1) is 0 Å². The summed E-state index contributed by atoms with van der Waals surface area (Å²) >= 11 is 0. The first-order valence-electron chi connectivity index (χ1n) is 12.5. The predicted octanol–water partition coefficient (Wildman–Crippen LogP) is 9.83. The highest BCUT2D eigenvalue weighted by molar-refractivity contribution is 5.34. The Morgan fingerprint density at radius 1 is 0.486 bits per heavy atom. The lowest BCUT2D eigenvalue weighted by atomic mass is 10.1. The summed E-state index contributed by atoms with van der Waals surface area (Å²) in [5.41, 5.74) is 2.78. The van der Waals surface area contributed by atoms with Gasteiger partial charge in [0.15, 0.2) is 0 Å². The lowest BCUT2D eigenvalue weighted by Crippen LogP contribution is -1.79. The molecule has 3 rings (SSSR count). The van der Waals surface area contributed by atoms with Crippen LogP contribution < -0.4 is 0 Å². The molecule has 3 N–H and O–H groups in total. The van der Waals surface area contributed by atoms with Crippen LogP contribution >= 0.6 is 0 Å². The number of phenolic OH excluding ortho intramolecular Hbond substituents is 3. The fraction of sp³-hybridized carbons (Fsp3) is 0.294. The quantitative estimate of drug-likeness (QED) is 0.292. The van der Waals surface area contributed by atoms with Crippen molar-refractivity contribution < 1.29 is 15.3 Å². The van der Waals surface area contributed by atoms with Crippen LogP contribution in [-0.2, 0) is 19.3 Å². The standard InChI is InChI=1S/3C9H10O.2C3H8.CH4/c3*1-2-5-8-6-3-4-7-9(8)10;2*1-3-2;/h3*2-4,6-7,10H,1,5H2;2*3H2,1-2H3;1H4. The average molecular weight is 507 g/mol. The van der Waals surface area contributed by atoms with E-state index in [2.05, 4.69) is 47.4 Å². The van der Waals surface area contributed by atoms with Crippen LogP contribution in [0.5, 0.6) is 17.2 Å². The maximum absolute atomic E-state index is 9.19. The molecule has 3 aromatic rings. The minimum absolute atomic E-state index is 0. The summed E-state index contributed by atoms with van der Waals surface area (Å²) in [7, 11) is 0. The third kappa shape index (κ3) is 20.2. The van der Waals surface area contributed by atoms with E-state index < -0.39 is 0 Å². The molecule has 0 aliphatic rings. The molecular weight excluding hydrogens is 456 g/mol. The third-order valence-electron chi connectivity index (χ3n) is 4.07. The van der Waals surface area contributed by atoms with Crippen LogP contribution in [0, 0.1) is 0 Å². The highest BCUT2D eigenvalue weighted by Gasteiger charge is 1.95. The molecule has 0 bridgehead atoms. The molecule has 0 aliphatic heterocycles. The average Bonchev–Trinajstić information content (AvgIpc) is 2.86. The van der Waals surface area contributed by atoms with E-state index in [0.717, 1.165) is 36.0 Å². The Kier molecular flexibility index (Phi) is 27.5. The number of phenols is 3. The van der Waals surface area contributed by atoms with Gasteiger partial charge in [-0.05, 0) is 54.2 Å². The summed E-state index contributed by atoms with van der Waals surface area (Å²) in [5.74, 6) is 1.05. The third-order valence-corrected chi connectivity index (χ3v) is 4.07. The molecule has 0 saturated heterocycles. The number of hydrogen-bond acceptors (Lipinski definition) is 3. The molecule has 3 heteroatoms. The van der Waals surface area contributed by atoms with Crippen molar-refractivity contribution in [3.8, 4) is 17.2 Å². The van der Waals surface area contributed by atoms with Gasteiger partial charge in [0.25, 0.3) is 0 Å². The SMILES string of the molecule is C.C=CCc1ccccc1O.C=CCc1ccccc1O.C=CCc1ccccc1O.CCC.CCC. The number of aromatic hydroxyl groups is 3. The summed E-state index contributed by atoms with van der Waals surface area (Å²) in [5, 5.41) is 27.6. The number of rotatable bonds is 6. The summed E-state index contributed by atoms with van der Waals surface area (Å²) in [6, 6.07) is 21.8. The lowest BCUT2D eigenvalue weighted by molar-refractivity contribution is 0.469. The van der Waals surface area contributed by atoms with E-state index in [-0.39, 0.29) is 7.43 Å². The molecule has 0 unspecified atom stereocenters. The molecule has 0 atom stereocenters. The second kappa shape index (κ2) is 26.9. The molecule has 0 spiro atoms. The molecular formula is C34H50O3. The molecule has 0 heterocycles. The van der Waals surface area contributed by atoms with Crippen molar-refractivity contribution >= 4 is 0 Å². The molecule has 0 radical (unpaired) electrons. The minimum Gasteiger partial charge on any atom is -0.508 e. The zero-order valence-electron chi connectivity index (χ0n) is 22.7. The van der Waals surface area contributed by atoms with Crippen molar-refractivity contribution in [3.05, 3.63) is 127 Å². The van der Waals surface area contributed by atoms with Crippen LogP contribution in [0.3, 0.4) is 0 Å². The van der Waals surface area contributed by atoms with Gasteiger partial charge >= 0.3 is 0 Å². The van der Waals surface area contributed by atoms with Gasteiger partial charge in [-0.25, -0.2) is 0 Å². The van der Waals surface area contributed by atoms with Crippen LogP contribution in [0.2, 0.25) is 0 Å². The van der Waals surface area contributed by atoms with E-state index in [1.165, 1.54) is 12.8 Å². The molecule has 3 aromatic carbocycles. The van der Waals surface area contributed by atoms with Gasteiger partial charge in [0, 0.05) is 0 Å². The normalized spacial score (nSPS) is 8.43. The molecule has 0 fully saturated rings. The van der Waals surface area contributed by atoms with Gasteiger partial charge < -0.3 is 15.3 Å². The van der Waals surface area contributed by atoms with E-state index in [1.807, 2.05) is 54.6 Å². The zero-order valence-corrected chi connectivity index (χ0v) is 22.7. The van der Waals surface area contributed by atoms with Crippen molar-refractivity contribution in [3.63, 3.8) is 0 Å². The van der Waals surface area contributed by atoms with Gasteiger partial charge in [-0.2, -0.15) is 0 Å². The predicted molar refractivity (Wildman–Crippen MR) is 165 cm³/mol. The van der Waals surface area contributed by atoms with Crippen LogP contribution in [0.1, 0.15) is 64.7 Å². The molecule has 0 amide bonds. The van der Waals surface area contributed by atoms with Gasteiger partial charge in [-0.3, -0.25) is 0 Å². The minimum atomic E-state index is 0. The van der Waals surface area contributed by atoms with Crippen LogP contribution in [0.25, 0.3) is 0 Å². The highest BCUT2D eigenvalue weighted by atomic mass is 16.3. The Labute approximate surface area is 227 Å². The summed E-state index contributed by atoms with van der Waals surface area (Å²) in [4.78, 5) is 0. The Hall–Kier alpha value is -3.72. The Bertz CT molecular complexity index is 836. The Morgan fingerprint density at radius 2 is 0.676 bits per heavy atom. The Balaban J connectivity index is -0.000000418. The smallest absolute Gasteiger partial charge is 0.119 e. The topological polar surface area (TPSA) is 60.7 Å². The van der Waals surface area contributed by atoms with Crippen molar-refractivity contribution in [1.29, 1.82) is 0 Å². The van der Waals surface area contributed by atoms with Gasteiger partial charge in [0.2, 0.25) is 0 Å². The van der Waals surface area contributed by atoms with E-state index in [0.29, 0.717) is 17.2 Å². The second-order valence-electron chi connectivity index (χ2n) is 7.78. The van der Waals surface area contributed by atoms with E-state index >= 15 is 0 Å². The molecule has 3 nitrogen and oxygen atoms in total. The highest BCUT2D eigenvalue weighted by Crippen LogP contribution is 2.17. The van der Waals surface area contributed by atoms with Crippen LogP contribution in [0.15, 0.2) is 111 Å². The van der Waals surface area contributed by atoms with Gasteiger partial charge in [-0.1, -0.05) is 121 Å². The summed E-state index contributed by atoms with van der Waals surface area (Å²) in [6.07, 6.45) is 10.0. The van der Waals surface area contributed by atoms with E-state index in [9.17, 15) is 15.3 Å². The van der Waals surface area contributed by atoms with Crippen molar-refractivity contribution in [2.45, 2.75) is 67.2 Å². The fourth-order valence-electron chi connectivity index (χ4n) is 2.52. The maximum Gasteiger partial charge on any atom is 0.119 e. The molecule has 37 heavy (non-hydrogen) atoms. The molecule has 0 saturated carbocycles. The van der Waals surface area contributed by atoms with Gasteiger partial charge in [-0.15, -0.1) is 19.7 Å². The van der Waals surface area contributed by atoms with Crippen molar-refractivity contribution in [2.75, 3.05) is 0 Å². The molecule has 0 aromatic heterocycles.